The minimum absolute atomic E-state index is 0.148. The number of rotatable bonds is 8. The first-order valence-electron chi connectivity index (χ1n) is 15.1. The fourth-order valence-corrected chi connectivity index (χ4v) is 6.49. The summed E-state index contributed by atoms with van der Waals surface area (Å²) in [6, 6.07) is 16.3. The van der Waals surface area contributed by atoms with E-state index in [1.165, 1.54) is 0 Å². The number of methoxy groups -OCH3 is 1. The second-order valence-corrected chi connectivity index (χ2v) is 12.1. The number of carbonyl (C=O) groups is 1. The number of amides is 1. The van der Waals surface area contributed by atoms with E-state index in [0.717, 1.165) is 84.7 Å². The molecule has 2 aliphatic rings. The van der Waals surface area contributed by atoms with Crippen molar-refractivity contribution in [2.75, 3.05) is 37.5 Å². The Bertz CT molecular complexity index is 1330. The van der Waals surface area contributed by atoms with Gasteiger partial charge in [-0.25, -0.2) is 4.98 Å². The topological polar surface area (TPSA) is 78.8 Å². The summed E-state index contributed by atoms with van der Waals surface area (Å²) >= 11 is 0. The molecule has 2 fully saturated rings. The van der Waals surface area contributed by atoms with Crippen molar-refractivity contribution in [3.63, 3.8) is 0 Å². The number of aromatic nitrogens is 2. The van der Waals surface area contributed by atoms with Crippen molar-refractivity contribution in [3.05, 3.63) is 66.1 Å². The summed E-state index contributed by atoms with van der Waals surface area (Å²) in [5.74, 6) is 2.36. The van der Waals surface area contributed by atoms with Crippen LogP contribution in [0.4, 0.5) is 11.5 Å². The minimum atomic E-state index is -1.29. The van der Waals surface area contributed by atoms with E-state index in [2.05, 4.69) is 29.2 Å². The van der Waals surface area contributed by atoms with E-state index in [-0.39, 0.29) is 5.91 Å². The van der Waals surface area contributed by atoms with Gasteiger partial charge in [0.2, 0.25) is 0 Å². The molecule has 218 valence electrons. The first-order valence-corrected chi connectivity index (χ1v) is 15.1. The van der Waals surface area contributed by atoms with Crippen molar-refractivity contribution in [2.24, 2.45) is 5.92 Å². The third-order valence-corrected chi connectivity index (χ3v) is 9.01. The highest BCUT2D eigenvalue weighted by Crippen LogP contribution is 2.39. The van der Waals surface area contributed by atoms with Gasteiger partial charge in [0, 0.05) is 49.7 Å². The van der Waals surface area contributed by atoms with Gasteiger partial charge in [-0.05, 0) is 93.3 Å². The van der Waals surface area contributed by atoms with E-state index in [1.54, 1.807) is 7.11 Å². The van der Waals surface area contributed by atoms with Crippen LogP contribution in [0.2, 0.25) is 0 Å². The average molecular weight is 557 g/mol. The Morgan fingerprint density at radius 3 is 2.39 bits per heavy atom. The summed E-state index contributed by atoms with van der Waals surface area (Å²) in [6.45, 7) is 2.61. The van der Waals surface area contributed by atoms with Crippen LogP contribution in [0.3, 0.4) is 0 Å². The number of aliphatic hydroxyl groups is 1. The molecule has 7 heteroatoms. The Balaban J connectivity index is 1.36. The molecule has 2 aromatic heterocycles. The number of hydrogen-bond donors (Lipinski definition) is 1. The van der Waals surface area contributed by atoms with Crippen molar-refractivity contribution < 1.29 is 14.6 Å². The summed E-state index contributed by atoms with van der Waals surface area (Å²) in [6.07, 6.45) is 9.93. The standard InChI is InChI=1S/C34H44N4O3/c1-24-31(41-4)17-16-30(36-24)26-13-11-25(12-14-26)23-38(33(39)34(40)19-6-5-7-20-34)29-10-8-9-27(21-29)28-15-18-32(35-22-28)37(2)3/h8-10,15-18,21-22,25-26,40H,5-7,11-14,19-20,23H2,1-4H3. The van der Waals surface area contributed by atoms with Gasteiger partial charge in [0.05, 0.1) is 12.8 Å². The number of carbonyl (C=O) groups excluding carboxylic acids is 1. The van der Waals surface area contributed by atoms with Gasteiger partial charge in [0.25, 0.3) is 5.91 Å². The quantitative estimate of drug-likeness (QED) is 0.340. The molecule has 2 aliphatic carbocycles. The maximum atomic E-state index is 14.1. The van der Waals surface area contributed by atoms with Crippen LogP contribution >= 0.6 is 0 Å². The predicted molar refractivity (Wildman–Crippen MR) is 165 cm³/mol. The maximum Gasteiger partial charge on any atom is 0.258 e. The van der Waals surface area contributed by atoms with Gasteiger partial charge < -0.3 is 19.6 Å². The fraction of sp³-hybridized carbons (Fsp3) is 0.500. The molecule has 0 saturated heterocycles. The van der Waals surface area contributed by atoms with E-state index in [9.17, 15) is 9.90 Å². The lowest BCUT2D eigenvalue weighted by Gasteiger charge is -2.38. The minimum Gasteiger partial charge on any atom is -0.495 e. The summed E-state index contributed by atoms with van der Waals surface area (Å²) in [5, 5.41) is 11.5. The molecule has 0 radical (unpaired) electrons. The number of anilines is 2. The Hall–Kier alpha value is -3.45. The lowest BCUT2D eigenvalue weighted by molar-refractivity contribution is -0.140. The zero-order chi connectivity index (χ0) is 29.0. The molecular formula is C34H44N4O3. The molecule has 7 nitrogen and oxygen atoms in total. The lowest BCUT2D eigenvalue weighted by Crippen LogP contribution is -2.51. The molecule has 0 atom stereocenters. The zero-order valence-corrected chi connectivity index (χ0v) is 25.0. The summed E-state index contributed by atoms with van der Waals surface area (Å²) in [5.41, 5.74) is 3.63. The van der Waals surface area contributed by atoms with Crippen LogP contribution in [0.1, 0.15) is 75.1 Å². The molecule has 0 spiro atoms. The van der Waals surface area contributed by atoms with Crippen LogP contribution in [0.5, 0.6) is 5.75 Å². The number of benzene rings is 1. The molecule has 0 aliphatic heterocycles. The van der Waals surface area contributed by atoms with Crippen molar-refractivity contribution in [1.82, 2.24) is 9.97 Å². The Morgan fingerprint density at radius 1 is 1.00 bits per heavy atom. The van der Waals surface area contributed by atoms with Crippen molar-refractivity contribution in [3.8, 4) is 16.9 Å². The molecule has 1 amide bonds. The molecule has 1 aromatic carbocycles. The van der Waals surface area contributed by atoms with Crippen molar-refractivity contribution in [2.45, 2.75) is 76.2 Å². The highest BCUT2D eigenvalue weighted by molar-refractivity contribution is 6.00. The number of ether oxygens (including phenoxy) is 1. The second-order valence-electron chi connectivity index (χ2n) is 12.1. The highest BCUT2D eigenvalue weighted by Gasteiger charge is 2.41. The van der Waals surface area contributed by atoms with Crippen LogP contribution in [-0.2, 0) is 4.79 Å². The van der Waals surface area contributed by atoms with Gasteiger partial charge >= 0.3 is 0 Å². The number of hydrogen-bond acceptors (Lipinski definition) is 6. The summed E-state index contributed by atoms with van der Waals surface area (Å²) in [4.78, 5) is 27.4. The van der Waals surface area contributed by atoms with E-state index >= 15 is 0 Å². The first-order chi connectivity index (χ1) is 19.8. The molecular weight excluding hydrogens is 512 g/mol. The molecule has 2 saturated carbocycles. The normalized spacial score (nSPS) is 20.3. The van der Waals surface area contributed by atoms with Gasteiger partial charge in [0.15, 0.2) is 0 Å². The summed E-state index contributed by atoms with van der Waals surface area (Å²) in [7, 11) is 5.63. The largest absolute Gasteiger partial charge is 0.495 e. The number of pyridine rings is 2. The zero-order valence-electron chi connectivity index (χ0n) is 25.0. The lowest BCUT2D eigenvalue weighted by atomic mass is 9.79. The third kappa shape index (κ3) is 6.56. The Labute approximate surface area is 244 Å². The van der Waals surface area contributed by atoms with Gasteiger partial charge in [-0.3, -0.25) is 9.78 Å². The molecule has 2 heterocycles. The monoisotopic (exact) mass is 556 g/mol. The third-order valence-electron chi connectivity index (χ3n) is 9.01. The van der Waals surface area contributed by atoms with Crippen molar-refractivity contribution >= 4 is 17.4 Å². The van der Waals surface area contributed by atoms with E-state index in [1.807, 2.05) is 61.3 Å². The number of aryl methyl sites for hydroxylation is 1. The van der Waals surface area contributed by atoms with E-state index < -0.39 is 5.60 Å². The van der Waals surface area contributed by atoms with Crippen LogP contribution < -0.4 is 14.5 Å². The van der Waals surface area contributed by atoms with Crippen LogP contribution in [0, 0.1) is 12.8 Å². The van der Waals surface area contributed by atoms with E-state index in [4.69, 9.17) is 9.72 Å². The van der Waals surface area contributed by atoms with Crippen LogP contribution in [0.15, 0.2) is 54.7 Å². The predicted octanol–water partition coefficient (Wildman–Crippen LogP) is 6.53. The molecule has 41 heavy (non-hydrogen) atoms. The smallest absolute Gasteiger partial charge is 0.258 e. The van der Waals surface area contributed by atoms with Gasteiger partial charge in [-0.15, -0.1) is 0 Å². The Kier molecular flexibility index (Phi) is 8.93. The van der Waals surface area contributed by atoms with Crippen molar-refractivity contribution in [1.29, 1.82) is 0 Å². The molecule has 1 N–H and O–H groups in total. The van der Waals surface area contributed by atoms with Gasteiger partial charge in [-0.2, -0.15) is 0 Å². The SMILES string of the molecule is COc1ccc(C2CCC(CN(C(=O)C3(O)CCCCC3)c3cccc(-c4ccc(N(C)C)nc4)c3)CC2)nc1C. The molecule has 0 unspecified atom stereocenters. The van der Waals surface area contributed by atoms with Crippen LogP contribution in [-0.4, -0.2) is 54.3 Å². The highest BCUT2D eigenvalue weighted by atomic mass is 16.5. The molecule has 0 bridgehead atoms. The Morgan fingerprint density at radius 2 is 1.76 bits per heavy atom. The van der Waals surface area contributed by atoms with E-state index in [0.29, 0.717) is 31.2 Å². The van der Waals surface area contributed by atoms with Gasteiger partial charge in [-0.1, -0.05) is 31.4 Å². The fourth-order valence-electron chi connectivity index (χ4n) is 6.49. The van der Waals surface area contributed by atoms with Crippen LogP contribution in [0.25, 0.3) is 11.1 Å². The average Bonchev–Trinajstić information content (AvgIpc) is 3.00. The molecule has 3 aromatic rings. The number of nitrogens with zero attached hydrogens (tertiary/aromatic N) is 4. The molecule has 5 rings (SSSR count). The maximum absolute atomic E-state index is 14.1. The van der Waals surface area contributed by atoms with Gasteiger partial charge in [0.1, 0.15) is 17.2 Å². The summed E-state index contributed by atoms with van der Waals surface area (Å²) < 4.78 is 5.40. The second kappa shape index (κ2) is 12.6. The first kappa shape index (κ1) is 29.1.